The van der Waals surface area contributed by atoms with Crippen LogP contribution < -0.4 is 5.73 Å². The van der Waals surface area contributed by atoms with Crippen LogP contribution in [-0.4, -0.2) is 12.9 Å². The number of Topliss-reactive ketones (excluding diaryl/α,β-unsaturated/α-hetero) is 1. The van der Waals surface area contributed by atoms with E-state index in [1.807, 2.05) is 19.9 Å². The average Bonchev–Trinajstić information content (AvgIpc) is 2.31. The fourth-order valence-electron chi connectivity index (χ4n) is 2.57. The first-order valence-corrected chi connectivity index (χ1v) is 6.23. The van der Waals surface area contributed by atoms with E-state index in [0.717, 1.165) is 12.0 Å². The van der Waals surface area contributed by atoms with Crippen LogP contribution in [0.25, 0.3) is 0 Å². The summed E-state index contributed by atoms with van der Waals surface area (Å²) in [7, 11) is 1.60. The van der Waals surface area contributed by atoms with Crippen LogP contribution in [0.5, 0.6) is 0 Å². The SMILES string of the molecule is CO/C1=C(N)/C=C2\C(C#CC1)CCC(=O)C2(C)C. The molecule has 1 unspecified atom stereocenters. The Hall–Kier alpha value is -1.69. The minimum atomic E-state index is -0.474. The lowest BCUT2D eigenvalue weighted by molar-refractivity contribution is -0.127. The van der Waals surface area contributed by atoms with E-state index in [0.29, 0.717) is 24.3 Å². The lowest BCUT2D eigenvalue weighted by Crippen LogP contribution is -2.35. The maximum atomic E-state index is 12.0. The number of methoxy groups -OCH3 is 1. The number of allylic oxidation sites excluding steroid dienone is 3. The fraction of sp³-hybridized carbons (Fsp3) is 0.533. The third kappa shape index (κ3) is 2.03. The van der Waals surface area contributed by atoms with E-state index in [2.05, 4.69) is 11.8 Å². The topological polar surface area (TPSA) is 52.3 Å². The molecule has 2 N–H and O–H groups in total. The van der Waals surface area contributed by atoms with Gasteiger partial charge in [-0.1, -0.05) is 11.8 Å². The number of ether oxygens (including phenoxy) is 1. The van der Waals surface area contributed by atoms with Gasteiger partial charge in [-0.2, -0.15) is 0 Å². The number of hydrogen-bond acceptors (Lipinski definition) is 3. The van der Waals surface area contributed by atoms with Crippen molar-refractivity contribution in [3.05, 3.63) is 23.1 Å². The Kier molecular flexibility index (Phi) is 3.21. The van der Waals surface area contributed by atoms with Gasteiger partial charge >= 0.3 is 0 Å². The highest BCUT2D eigenvalue weighted by Crippen LogP contribution is 2.41. The molecular weight excluding hydrogens is 226 g/mol. The van der Waals surface area contributed by atoms with Gasteiger partial charge in [-0.3, -0.25) is 4.79 Å². The number of nitrogens with two attached hydrogens (primary N) is 1. The first-order valence-electron chi connectivity index (χ1n) is 6.23. The normalized spacial score (nSPS) is 33.2. The molecule has 0 saturated heterocycles. The van der Waals surface area contributed by atoms with Crippen LogP contribution in [-0.2, 0) is 9.53 Å². The number of ketones is 1. The third-order valence-corrected chi connectivity index (χ3v) is 3.86. The van der Waals surface area contributed by atoms with Crippen LogP contribution in [0, 0.1) is 23.2 Å². The summed E-state index contributed by atoms with van der Waals surface area (Å²) in [5.74, 6) is 7.44. The molecule has 1 fully saturated rings. The summed E-state index contributed by atoms with van der Waals surface area (Å²) in [5.41, 5.74) is 7.18. The highest BCUT2D eigenvalue weighted by Gasteiger charge is 2.39. The molecule has 2 aliphatic carbocycles. The Labute approximate surface area is 108 Å². The van der Waals surface area contributed by atoms with Crippen molar-refractivity contribution in [1.82, 2.24) is 0 Å². The maximum absolute atomic E-state index is 12.0. The summed E-state index contributed by atoms with van der Waals surface area (Å²) in [6.07, 6.45) is 3.84. The summed E-state index contributed by atoms with van der Waals surface area (Å²) < 4.78 is 5.24. The number of rotatable bonds is 1. The summed E-state index contributed by atoms with van der Waals surface area (Å²) in [6, 6.07) is 0. The van der Waals surface area contributed by atoms with Gasteiger partial charge in [-0.15, -0.1) is 0 Å². The van der Waals surface area contributed by atoms with Crippen molar-refractivity contribution >= 4 is 5.78 Å². The molecule has 1 atom stereocenters. The van der Waals surface area contributed by atoms with E-state index in [-0.39, 0.29) is 11.7 Å². The first-order chi connectivity index (χ1) is 8.46. The van der Waals surface area contributed by atoms with Crippen molar-refractivity contribution in [2.75, 3.05) is 7.11 Å². The summed E-state index contributed by atoms with van der Waals surface area (Å²) in [4.78, 5) is 12.0. The average molecular weight is 245 g/mol. The Morgan fingerprint density at radius 1 is 1.50 bits per heavy atom. The summed E-state index contributed by atoms with van der Waals surface area (Å²) in [6.45, 7) is 3.91. The van der Waals surface area contributed by atoms with Crippen LogP contribution >= 0.6 is 0 Å². The van der Waals surface area contributed by atoms with Crippen molar-refractivity contribution in [1.29, 1.82) is 0 Å². The number of carbonyl (C=O) groups is 1. The van der Waals surface area contributed by atoms with E-state index >= 15 is 0 Å². The molecule has 96 valence electrons. The van der Waals surface area contributed by atoms with Gasteiger partial charge in [-0.25, -0.2) is 0 Å². The van der Waals surface area contributed by atoms with Gasteiger partial charge in [0.05, 0.1) is 19.2 Å². The van der Waals surface area contributed by atoms with E-state index in [4.69, 9.17) is 10.5 Å². The molecule has 0 aromatic heterocycles. The summed E-state index contributed by atoms with van der Waals surface area (Å²) >= 11 is 0. The van der Waals surface area contributed by atoms with Crippen LogP contribution in [0.3, 0.4) is 0 Å². The van der Waals surface area contributed by atoms with Gasteiger partial charge in [0.2, 0.25) is 0 Å². The Bertz CT molecular complexity index is 500. The summed E-state index contributed by atoms with van der Waals surface area (Å²) in [5, 5.41) is 0. The quantitative estimate of drug-likeness (QED) is 0.720. The van der Waals surface area contributed by atoms with E-state index in [1.165, 1.54) is 0 Å². The zero-order valence-electron chi connectivity index (χ0n) is 11.2. The number of fused-ring (bicyclic) bond motifs is 1. The predicted octanol–water partition coefficient (Wildman–Crippen LogP) is 2.14. The molecule has 0 heterocycles. The molecule has 0 spiro atoms. The van der Waals surface area contributed by atoms with Gasteiger partial charge in [0.25, 0.3) is 0 Å². The second kappa shape index (κ2) is 4.53. The van der Waals surface area contributed by atoms with E-state index in [1.54, 1.807) is 7.11 Å². The molecule has 2 aliphatic rings. The van der Waals surface area contributed by atoms with E-state index < -0.39 is 5.41 Å². The molecule has 0 aromatic rings. The van der Waals surface area contributed by atoms with Crippen LogP contribution in [0.4, 0.5) is 0 Å². The Morgan fingerprint density at radius 2 is 2.22 bits per heavy atom. The molecule has 0 aromatic carbocycles. The molecule has 2 rings (SSSR count). The fourth-order valence-corrected chi connectivity index (χ4v) is 2.57. The van der Waals surface area contributed by atoms with Crippen LogP contribution in [0.1, 0.15) is 33.1 Å². The molecule has 0 amide bonds. The molecule has 18 heavy (non-hydrogen) atoms. The molecular formula is C15H19NO2. The number of carbonyl (C=O) groups excluding carboxylic acids is 1. The maximum Gasteiger partial charge on any atom is 0.142 e. The lowest BCUT2D eigenvalue weighted by Gasteiger charge is -2.35. The number of hydrogen-bond donors (Lipinski definition) is 1. The van der Waals surface area contributed by atoms with Crippen LogP contribution in [0.15, 0.2) is 23.1 Å². The first kappa shape index (κ1) is 12.8. The van der Waals surface area contributed by atoms with Crippen molar-refractivity contribution in [2.24, 2.45) is 17.1 Å². The van der Waals surface area contributed by atoms with Gasteiger partial charge < -0.3 is 10.5 Å². The van der Waals surface area contributed by atoms with Crippen molar-refractivity contribution in [3.8, 4) is 11.8 Å². The molecule has 0 radical (unpaired) electrons. The monoisotopic (exact) mass is 245 g/mol. The second-order valence-corrected chi connectivity index (χ2v) is 5.32. The Morgan fingerprint density at radius 3 is 2.89 bits per heavy atom. The largest absolute Gasteiger partial charge is 0.498 e. The molecule has 3 nitrogen and oxygen atoms in total. The van der Waals surface area contributed by atoms with Gasteiger partial charge in [-0.05, 0) is 31.9 Å². The molecule has 3 heteroatoms. The minimum Gasteiger partial charge on any atom is -0.498 e. The van der Waals surface area contributed by atoms with Gasteiger partial charge in [0, 0.05) is 17.8 Å². The highest BCUT2D eigenvalue weighted by molar-refractivity contribution is 5.89. The highest BCUT2D eigenvalue weighted by atomic mass is 16.5. The predicted molar refractivity (Wildman–Crippen MR) is 70.2 cm³/mol. The van der Waals surface area contributed by atoms with Gasteiger partial charge in [0.15, 0.2) is 0 Å². The Balaban J connectivity index is 2.53. The lowest BCUT2D eigenvalue weighted by atomic mass is 9.66. The van der Waals surface area contributed by atoms with Crippen LogP contribution in [0.2, 0.25) is 0 Å². The minimum absolute atomic E-state index is 0.148. The molecule has 1 saturated carbocycles. The standard InChI is InChI=1S/C15H19NO2/c1-15(2)11-9-12(16)13(18-3)6-4-5-10(11)7-8-14(15)17/h9-10H,6-8,16H2,1-3H3/b11-9+,13-12-. The molecule has 0 bridgehead atoms. The van der Waals surface area contributed by atoms with Crippen molar-refractivity contribution in [3.63, 3.8) is 0 Å². The second-order valence-electron chi connectivity index (χ2n) is 5.32. The third-order valence-electron chi connectivity index (χ3n) is 3.86. The zero-order chi connectivity index (χ0) is 13.3. The zero-order valence-corrected chi connectivity index (χ0v) is 11.2. The van der Waals surface area contributed by atoms with Crippen molar-refractivity contribution in [2.45, 2.75) is 33.1 Å². The van der Waals surface area contributed by atoms with E-state index in [9.17, 15) is 4.79 Å². The smallest absolute Gasteiger partial charge is 0.142 e. The van der Waals surface area contributed by atoms with Crippen molar-refractivity contribution < 1.29 is 9.53 Å². The molecule has 0 aliphatic heterocycles. The van der Waals surface area contributed by atoms with Gasteiger partial charge in [0.1, 0.15) is 11.5 Å².